The van der Waals surface area contributed by atoms with E-state index < -0.39 is 0 Å². The van der Waals surface area contributed by atoms with Crippen LogP contribution < -0.4 is 0 Å². The van der Waals surface area contributed by atoms with Crippen LogP contribution in [-0.4, -0.2) is 60.0 Å². The van der Waals surface area contributed by atoms with Gasteiger partial charge in [-0.3, -0.25) is 4.98 Å². The lowest BCUT2D eigenvalue weighted by Gasteiger charge is -2.26. The third kappa shape index (κ3) is 4.87. The summed E-state index contributed by atoms with van der Waals surface area (Å²) in [5.41, 5.74) is 4.58. The molecule has 1 aliphatic carbocycles. The summed E-state index contributed by atoms with van der Waals surface area (Å²) in [5, 5.41) is 10.8. The van der Waals surface area contributed by atoms with Crippen molar-refractivity contribution in [2.75, 3.05) is 25.4 Å². The highest BCUT2D eigenvalue weighted by Crippen LogP contribution is 2.49. The molecule has 0 aliphatic heterocycles. The molecule has 0 N–H and O–H groups in total. The van der Waals surface area contributed by atoms with Crippen LogP contribution in [0.2, 0.25) is 0 Å². The average molecular weight is 494 g/mol. The number of aromatic nitrogens is 6. The highest BCUT2D eigenvalue weighted by atomic mass is 32.2. The minimum atomic E-state index is 0.308. The van der Waals surface area contributed by atoms with E-state index in [1.807, 2.05) is 18.5 Å². The topological polar surface area (TPSA) is 72.6 Å². The summed E-state index contributed by atoms with van der Waals surface area (Å²) in [6.07, 6.45) is 7.19. The molecule has 0 saturated heterocycles. The molecule has 7 nitrogen and oxygen atoms in total. The van der Waals surface area contributed by atoms with Crippen LogP contribution in [0.1, 0.15) is 42.5 Å². The highest BCUT2D eigenvalue weighted by molar-refractivity contribution is 7.99. The Bertz CT molecular complexity index is 1270. The molecule has 0 amide bonds. The van der Waals surface area contributed by atoms with Gasteiger partial charge >= 0.3 is 0 Å². The average Bonchev–Trinajstić information content (AvgIpc) is 3.38. The van der Waals surface area contributed by atoms with Crippen LogP contribution in [0.3, 0.4) is 0 Å². The fourth-order valence-electron chi connectivity index (χ4n) is 4.46. The number of rotatable bonds is 10. The molecule has 1 saturated carbocycles. The molecular weight excluding hydrogens is 462 g/mol. The normalized spacial score (nSPS) is 14.9. The molecule has 178 valence electrons. The first-order chi connectivity index (χ1) is 16.5. The SMILES string of the molecule is CCN(CCCSc1nnc(-c2cnc(C)cn2)n1C)CC1(c2ccc3sc(C)nc3c2)CC1. The van der Waals surface area contributed by atoms with Crippen molar-refractivity contribution < 1.29 is 0 Å². The van der Waals surface area contributed by atoms with Gasteiger partial charge in [-0.1, -0.05) is 24.8 Å². The van der Waals surface area contributed by atoms with Crippen LogP contribution >= 0.6 is 23.1 Å². The first-order valence-corrected chi connectivity index (χ1v) is 13.7. The number of aryl methyl sites for hydroxylation is 2. The molecule has 1 fully saturated rings. The number of nitrogens with zero attached hydrogens (tertiary/aromatic N) is 7. The zero-order chi connectivity index (χ0) is 23.7. The fourth-order valence-corrected chi connectivity index (χ4v) is 6.10. The molecule has 1 aliphatic rings. The minimum absolute atomic E-state index is 0.308. The number of benzene rings is 1. The van der Waals surface area contributed by atoms with Gasteiger partial charge in [-0.25, -0.2) is 9.97 Å². The molecule has 9 heteroatoms. The Kier molecular flexibility index (Phi) is 6.68. The van der Waals surface area contributed by atoms with Gasteiger partial charge in [-0.05, 0) is 63.9 Å². The quantitative estimate of drug-likeness (QED) is 0.226. The van der Waals surface area contributed by atoms with Gasteiger partial charge in [0.15, 0.2) is 11.0 Å². The van der Waals surface area contributed by atoms with Crippen molar-refractivity contribution in [2.24, 2.45) is 7.05 Å². The van der Waals surface area contributed by atoms with Gasteiger partial charge in [0.25, 0.3) is 0 Å². The van der Waals surface area contributed by atoms with E-state index in [4.69, 9.17) is 4.98 Å². The molecule has 0 radical (unpaired) electrons. The van der Waals surface area contributed by atoms with E-state index in [1.165, 1.54) is 23.1 Å². The van der Waals surface area contributed by atoms with Crippen molar-refractivity contribution in [1.29, 1.82) is 0 Å². The zero-order valence-corrected chi connectivity index (χ0v) is 21.9. The highest BCUT2D eigenvalue weighted by Gasteiger charge is 2.45. The Morgan fingerprint density at radius 1 is 1.15 bits per heavy atom. The molecule has 1 aromatic carbocycles. The number of thiazole rings is 1. The summed E-state index contributed by atoms with van der Waals surface area (Å²) in [4.78, 5) is 16.1. The van der Waals surface area contributed by atoms with E-state index in [1.54, 1.807) is 35.5 Å². The summed E-state index contributed by atoms with van der Waals surface area (Å²) in [5.74, 6) is 1.77. The van der Waals surface area contributed by atoms with Crippen molar-refractivity contribution in [3.05, 3.63) is 46.9 Å². The van der Waals surface area contributed by atoms with Crippen LogP contribution in [0.4, 0.5) is 0 Å². The molecule has 3 aromatic heterocycles. The Labute approximate surface area is 209 Å². The van der Waals surface area contributed by atoms with Crippen LogP contribution in [0.5, 0.6) is 0 Å². The summed E-state index contributed by atoms with van der Waals surface area (Å²) in [7, 11) is 2.00. The predicted octanol–water partition coefficient (Wildman–Crippen LogP) is 5.03. The Hall–Kier alpha value is -2.36. The van der Waals surface area contributed by atoms with E-state index >= 15 is 0 Å². The lowest BCUT2D eigenvalue weighted by Crippen LogP contribution is -2.33. The largest absolute Gasteiger partial charge is 0.304 e. The van der Waals surface area contributed by atoms with Crippen LogP contribution in [-0.2, 0) is 12.5 Å². The second kappa shape index (κ2) is 9.71. The summed E-state index contributed by atoms with van der Waals surface area (Å²) in [6.45, 7) is 9.59. The Balaban J connectivity index is 1.15. The van der Waals surface area contributed by atoms with Crippen molar-refractivity contribution in [2.45, 2.75) is 50.6 Å². The smallest absolute Gasteiger partial charge is 0.191 e. The Morgan fingerprint density at radius 3 is 2.74 bits per heavy atom. The van der Waals surface area contributed by atoms with Crippen LogP contribution in [0, 0.1) is 13.8 Å². The third-order valence-corrected chi connectivity index (χ3v) is 8.69. The van der Waals surface area contributed by atoms with Gasteiger partial charge < -0.3 is 9.47 Å². The maximum Gasteiger partial charge on any atom is 0.191 e. The predicted molar refractivity (Wildman–Crippen MR) is 139 cm³/mol. The molecule has 5 rings (SSSR count). The van der Waals surface area contributed by atoms with Crippen LogP contribution in [0.25, 0.3) is 21.7 Å². The second-order valence-electron chi connectivity index (χ2n) is 9.17. The molecule has 3 heterocycles. The van der Waals surface area contributed by atoms with E-state index in [2.05, 4.69) is 57.1 Å². The van der Waals surface area contributed by atoms with Gasteiger partial charge in [0, 0.05) is 31.0 Å². The number of hydrogen-bond donors (Lipinski definition) is 0. The molecule has 0 bridgehead atoms. The lowest BCUT2D eigenvalue weighted by molar-refractivity contribution is 0.263. The lowest BCUT2D eigenvalue weighted by atomic mass is 9.95. The van der Waals surface area contributed by atoms with Gasteiger partial charge in [0.1, 0.15) is 5.69 Å². The van der Waals surface area contributed by atoms with Crippen molar-refractivity contribution in [3.8, 4) is 11.5 Å². The first kappa shape index (κ1) is 23.4. The molecular formula is C25H31N7S2. The maximum absolute atomic E-state index is 4.72. The van der Waals surface area contributed by atoms with E-state index in [0.29, 0.717) is 5.41 Å². The molecule has 4 aromatic rings. The van der Waals surface area contributed by atoms with Crippen LogP contribution in [0.15, 0.2) is 35.7 Å². The van der Waals surface area contributed by atoms with E-state index in [0.717, 1.165) is 64.7 Å². The van der Waals surface area contributed by atoms with E-state index in [9.17, 15) is 0 Å². The van der Waals surface area contributed by atoms with Gasteiger partial charge in [0.05, 0.1) is 27.1 Å². The van der Waals surface area contributed by atoms with Crippen molar-refractivity contribution in [3.63, 3.8) is 0 Å². The summed E-state index contributed by atoms with van der Waals surface area (Å²) in [6, 6.07) is 6.93. The van der Waals surface area contributed by atoms with Gasteiger partial charge in [-0.15, -0.1) is 21.5 Å². The molecule has 0 atom stereocenters. The Morgan fingerprint density at radius 2 is 2.00 bits per heavy atom. The molecule has 0 spiro atoms. The number of thioether (sulfide) groups is 1. The zero-order valence-electron chi connectivity index (χ0n) is 20.3. The maximum atomic E-state index is 4.72. The first-order valence-electron chi connectivity index (χ1n) is 11.9. The third-order valence-electron chi connectivity index (χ3n) is 6.63. The van der Waals surface area contributed by atoms with Crippen molar-refractivity contribution >= 4 is 33.3 Å². The number of likely N-dealkylation sites (N-methyl/N-ethyl adjacent to an activating group) is 1. The van der Waals surface area contributed by atoms with E-state index in [-0.39, 0.29) is 0 Å². The second-order valence-corrected chi connectivity index (χ2v) is 11.5. The number of fused-ring (bicyclic) bond motifs is 1. The summed E-state index contributed by atoms with van der Waals surface area (Å²) < 4.78 is 3.31. The number of hydrogen-bond acceptors (Lipinski definition) is 8. The minimum Gasteiger partial charge on any atom is -0.304 e. The molecule has 34 heavy (non-hydrogen) atoms. The standard InChI is InChI=1S/C25H31N7S2/c1-5-32(16-25(9-10-25)19-7-8-22-20(13-19)28-18(3)34-22)11-6-12-33-24-30-29-23(31(24)4)21-15-26-17(2)14-27-21/h7-8,13-15H,5-6,9-12,16H2,1-4H3. The van der Waals surface area contributed by atoms with Gasteiger partial charge in [0.2, 0.25) is 0 Å². The summed E-state index contributed by atoms with van der Waals surface area (Å²) >= 11 is 3.54. The molecule has 0 unspecified atom stereocenters. The fraction of sp³-hybridized carbons (Fsp3) is 0.480. The van der Waals surface area contributed by atoms with Crippen molar-refractivity contribution in [1.82, 2.24) is 34.6 Å². The van der Waals surface area contributed by atoms with Gasteiger partial charge in [-0.2, -0.15) is 0 Å². The monoisotopic (exact) mass is 493 g/mol.